The number of aromatic nitrogens is 2. The fourth-order valence-corrected chi connectivity index (χ4v) is 1.52. The van der Waals surface area contributed by atoms with Crippen LogP contribution in [-0.4, -0.2) is 16.6 Å². The Bertz CT molecular complexity index is 549. The average Bonchev–Trinajstić information content (AvgIpc) is 2.35. The molecule has 2 rings (SSSR count). The molecule has 2 N–H and O–H groups in total. The van der Waals surface area contributed by atoms with Crippen molar-refractivity contribution < 1.29 is 9.47 Å². The summed E-state index contributed by atoms with van der Waals surface area (Å²) in [6, 6.07) is 6.96. The molecule has 18 heavy (non-hydrogen) atoms. The van der Waals surface area contributed by atoms with Crippen LogP contribution in [0.3, 0.4) is 0 Å². The van der Waals surface area contributed by atoms with Crippen LogP contribution in [0.15, 0.2) is 30.6 Å². The minimum absolute atomic E-state index is 0.246. The maximum atomic E-state index is 5.86. The highest BCUT2D eigenvalue weighted by Gasteiger charge is 2.11. The van der Waals surface area contributed by atoms with Gasteiger partial charge in [-0.05, 0) is 25.1 Å². The summed E-state index contributed by atoms with van der Waals surface area (Å²) in [5.41, 5.74) is 6.11. The third-order valence-corrected chi connectivity index (χ3v) is 2.34. The first-order chi connectivity index (χ1) is 8.70. The van der Waals surface area contributed by atoms with Gasteiger partial charge in [0, 0.05) is 5.02 Å². The van der Waals surface area contributed by atoms with Crippen LogP contribution in [0.1, 0.15) is 6.92 Å². The highest BCUT2D eigenvalue weighted by Crippen LogP contribution is 2.31. The molecule has 2 aromatic rings. The Morgan fingerprint density at radius 3 is 2.78 bits per heavy atom. The van der Waals surface area contributed by atoms with Crippen molar-refractivity contribution in [2.75, 3.05) is 12.3 Å². The molecule has 1 heterocycles. The van der Waals surface area contributed by atoms with Gasteiger partial charge in [0.2, 0.25) is 11.8 Å². The second kappa shape index (κ2) is 5.55. The number of nitrogens with zero attached hydrogens (tertiary/aromatic N) is 2. The van der Waals surface area contributed by atoms with E-state index in [9.17, 15) is 0 Å². The van der Waals surface area contributed by atoms with Crippen molar-refractivity contribution in [3.63, 3.8) is 0 Å². The summed E-state index contributed by atoms with van der Waals surface area (Å²) in [6.45, 7) is 2.32. The molecule has 1 aromatic heterocycles. The number of halogens is 1. The summed E-state index contributed by atoms with van der Waals surface area (Å²) in [6.07, 6.45) is 1.33. The molecule has 0 aliphatic carbocycles. The molecule has 5 nitrogen and oxygen atoms in total. The lowest BCUT2D eigenvalue weighted by Crippen LogP contribution is -2.02. The number of anilines is 1. The van der Waals surface area contributed by atoms with E-state index in [1.807, 2.05) is 6.92 Å². The van der Waals surface area contributed by atoms with Gasteiger partial charge >= 0.3 is 0 Å². The van der Waals surface area contributed by atoms with Gasteiger partial charge in [-0.15, -0.1) is 0 Å². The molecule has 0 bridgehead atoms. The van der Waals surface area contributed by atoms with Gasteiger partial charge in [-0.25, -0.2) is 0 Å². The Kier molecular flexibility index (Phi) is 3.84. The second-order valence-corrected chi connectivity index (χ2v) is 3.83. The first-order valence-corrected chi connectivity index (χ1v) is 5.75. The van der Waals surface area contributed by atoms with Crippen LogP contribution < -0.4 is 15.2 Å². The fraction of sp³-hybridized carbons (Fsp3) is 0.167. The van der Waals surface area contributed by atoms with Crippen LogP contribution in [0, 0.1) is 0 Å². The summed E-state index contributed by atoms with van der Waals surface area (Å²) < 4.78 is 10.8. The van der Waals surface area contributed by atoms with Gasteiger partial charge in [-0.1, -0.05) is 17.7 Å². The van der Waals surface area contributed by atoms with E-state index in [0.29, 0.717) is 23.3 Å². The van der Waals surface area contributed by atoms with Crippen molar-refractivity contribution in [1.29, 1.82) is 0 Å². The number of nitrogens with two attached hydrogens (primary N) is 1. The van der Waals surface area contributed by atoms with E-state index in [2.05, 4.69) is 9.97 Å². The van der Waals surface area contributed by atoms with Crippen LogP contribution in [0.2, 0.25) is 5.02 Å². The molecule has 0 saturated carbocycles. The maximum absolute atomic E-state index is 5.86. The zero-order valence-corrected chi connectivity index (χ0v) is 10.5. The predicted octanol–water partition coefficient (Wildman–Crippen LogP) is 2.90. The third-order valence-electron chi connectivity index (χ3n) is 2.10. The smallest absolute Gasteiger partial charge is 0.249 e. The maximum Gasteiger partial charge on any atom is 0.249 e. The summed E-state index contributed by atoms with van der Waals surface area (Å²) in [4.78, 5) is 7.89. The van der Waals surface area contributed by atoms with E-state index in [1.54, 1.807) is 24.3 Å². The molecule has 0 aliphatic heterocycles. The third kappa shape index (κ3) is 2.81. The molecule has 0 fully saturated rings. The summed E-state index contributed by atoms with van der Waals surface area (Å²) in [5.74, 6) is 1.11. The standard InChI is InChI=1S/C12H12ClN3O2/c1-2-17-11-10(14)12(16-7-15-11)18-9-5-3-4-8(13)6-9/h3-7H,2,14H2,1H3. The number of benzene rings is 1. The first kappa shape index (κ1) is 12.4. The highest BCUT2D eigenvalue weighted by molar-refractivity contribution is 6.30. The normalized spacial score (nSPS) is 10.1. The van der Waals surface area contributed by atoms with Gasteiger partial charge in [0.15, 0.2) is 5.69 Å². The van der Waals surface area contributed by atoms with E-state index in [0.717, 1.165) is 0 Å². The Balaban J connectivity index is 2.26. The van der Waals surface area contributed by atoms with Crippen molar-refractivity contribution >= 4 is 17.3 Å². The first-order valence-electron chi connectivity index (χ1n) is 5.37. The van der Waals surface area contributed by atoms with Crippen molar-refractivity contribution in [2.24, 2.45) is 0 Å². The van der Waals surface area contributed by atoms with E-state index < -0.39 is 0 Å². The summed E-state index contributed by atoms with van der Waals surface area (Å²) in [7, 11) is 0. The lowest BCUT2D eigenvalue weighted by Gasteiger charge is -2.10. The Hall–Kier alpha value is -2.01. The molecule has 94 valence electrons. The topological polar surface area (TPSA) is 70.3 Å². The molecular formula is C12H12ClN3O2. The van der Waals surface area contributed by atoms with E-state index >= 15 is 0 Å². The van der Waals surface area contributed by atoms with Crippen LogP contribution in [0.4, 0.5) is 5.69 Å². The van der Waals surface area contributed by atoms with E-state index in [4.69, 9.17) is 26.8 Å². The number of ether oxygens (including phenoxy) is 2. The van der Waals surface area contributed by atoms with Crippen molar-refractivity contribution in [3.8, 4) is 17.5 Å². The monoisotopic (exact) mass is 265 g/mol. The summed E-state index contributed by atoms with van der Waals surface area (Å²) in [5, 5.41) is 0.574. The SMILES string of the molecule is CCOc1ncnc(Oc2cccc(Cl)c2)c1N. The lowest BCUT2D eigenvalue weighted by atomic mass is 10.3. The number of hydrogen-bond acceptors (Lipinski definition) is 5. The van der Waals surface area contributed by atoms with Crippen molar-refractivity contribution in [2.45, 2.75) is 6.92 Å². The zero-order chi connectivity index (χ0) is 13.0. The van der Waals surface area contributed by atoms with Crippen LogP contribution in [-0.2, 0) is 0 Å². The van der Waals surface area contributed by atoms with Gasteiger partial charge in [0.05, 0.1) is 6.61 Å². The Labute approximate surface area is 110 Å². The average molecular weight is 266 g/mol. The van der Waals surface area contributed by atoms with Crippen LogP contribution in [0.25, 0.3) is 0 Å². The molecule has 0 amide bonds. The van der Waals surface area contributed by atoms with Gasteiger partial charge in [0.25, 0.3) is 0 Å². The largest absolute Gasteiger partial charge is 0.476 e. The molecule has 0 atom stereocenters. The molecule has 1 aromatic carbocycles. The highest BCUT2D eigenvalue weighted by atomic mass is 35.5. The minimum Gasteiger partial charge on any atom is -0.476 e. The summed E-state index contributed by atoms with van der Waals surface area (Å²) >= 11 is 5.86. The number of hydrogen-bond donors (Lipinski definition) is 1. The molecule has 0 aliphatic rings. The van der Waals surface area contributed by atoms with Gasteiger partial charge < -0.3 is 15.2 Å². The minimum atomic E-state index is 0.246. The van der Waals surface area contributed by atoms with Gasteiger partial charge in [-0.2, -0.15) is 9.97 Å². The Morgan fingerprint density at radius 2 is 2.06 bits per heavy atom. The molecule has 6 heteroatoms. The second-order valence-electron chi connectivity index (χ2n) is 3.39. The fourth-order valence-electron chi connectivity index (χ4n) is 1.34. The molecular weight excluding hydrogens is 254 g/mol. The molecule has 0 unspecified atom stereocenters. The quantitative estimate of drug-likeness (QED) is 0.920. The van der Waals surface area contributed by atoms with E-state index in [1.165, 1.54) is 6.33 Å². The molecule has 0 spiro atoms. The van der Waals surface area contributed by atoms with Crippen LogP contribution >= 0.6 is 11.6 Å². The van der Waals surface area contributed by atoms with Gasteiger partial charge in [0.1, 0.15) is 12.1 Å². The predicted molar refractivity (Wildman–Crippen MR) is 69.1 cm³/mol. The molecule has 0 radical (unpaired) electrons. The van der Waals surface area contributed by atoms with Crippen LogP contribution in [0.5, 0.6) is 17.5 Å². The lowest BCUT2D eigenvalue weighted by molar-refractivity contribution is 0.325. The molecule has 0 saturated heterocycles. The van der Waals surface area contributed by atoms with Crippen molar-refractivity contribution in [3.05, 3.63) is 35.6 Å². The Morgan fingerprint density at radius 1 is 1.28 bits per heavy atom. The zero-order valence-electron chi connectivity index (χ0n) is 9.76. The van der Waals surface area contributed by atoms with Gasteiger partial charge in [-0.3, -0.25) is 0 Å². The number of nitrogen functional groups attached to an aromatic ring is 1. The van der Waals surface area contributed by atoms with E-state index in [-0.39, 0.29) is 11.6 Å². The van der Waals surface area contributed by atoms with Crippen molar-refractivity contribution in [1.82, 2.24) is 9.97 Å². The number of rotatable bonds is 4.